The second-order valence-corrected chi connectivity index (χ2v) is 6.95. The highest BCUT2D eigenvalue weighted by Crippen LogP contribution is 2.24. The van der Waals surface area contributed by atoms with Gasteiger partial charge in [0.05, 0.1) is 12.1 Å². The van der Waals surface area contributed by atoms with Crippen molar-refractivity contribution in [3.8, 4) is 0 Å². The predicted octanol–water partition coefficient (Wildman–Crippen LogP) is 3.53. The Morgan fingerprint density at radius 1 is 1.30 bits per heavy atom. The van der Waals surface area contributed by atoms with Crippen molar-refractivity contribution in [1.82, 2.24) is 4.98 Å². The van der Waals surface area contributed by atoms with E-state index in [1.807, 2.05) is 71.0 Å². The van der Waals surface area contributed by atoms with Crippen LogP contribution in [0.4, 0.5) is 11.4 Å². The molecule has 0 fully saturated rings. The van der Waals surface area contributed by atoms with Crippen molar-refractivity contribution in [3.63, 3.8) is 0 Å². The van der Waals surface area contributed by atoms with Crippen LogP contribution in [0.3, 0.4) is 0 Å². The van der Waals surface area contributed by atoms with Crippen molar-refractivity contribution in [2.45, 2.75) is 39.5 Å². The molecule has 2 aromatic rings. The second kappa shape index (κ2) is 6.44. The zero-order chi connectivity index (χ0) is 17.2. The van der Waals surface area contributed by atoms with Crippen LogP contribution in [-0.2, 0) is 16.6 Å². The number of nitrogens with zero attached hydrogens (tertiary/aromatic N) is 2. The Hall–Kier alpha value is -2.30. The Bertz CT molecular complexity index is 697. The molecule has 2 rings (SSSR count). The number of carbonyl (C=O) groups is 1. The SMILES string of the molecule is Cc1nc(C(C)(C)C)oc1CC(=O)Nc1cccc(N(C)C)c1. The minimum Gasteiger partial charge on any atom is -0.444 e. The lowest BCUT2D eigenvalue weighted by Crippen LogP contribution is -2.15. The summed E-state index contributed by atoms with van der Waals surface area (Å²) in [6.45, 7) is 7.98. The van der Waals surface area contributed by atoms with E-state index in [0.717, 1.165) is 17.1 Å². The number of hydrogen-bond donors (Lipinski definition) is 1. The van der Waals surface area contributed by atoms with Crippen molar-refractivity contribution >= 4 is 17.3 Å². The molecule has 1 heterocycles. The molecule has 0 spiro atoms. The monoisotopic (exact) mass is 315 g/mol. The number of hydrogen-bond acceptors (Lipinski definition) is 4. The van der Waals surface area contributed by atoms with Gasteiger partial charge < -0.3 is 14.6 Å². The normalized spacial score (nSPS) is 11.4. The van der Waals surface area contributed by atoms with Crippen molar-refractivity contribution in [2.75, 3.05) is 24.3 Å². The predicted molar refractivity (Wildman–Crippen MR) is 93.0 cm³/mol. The first-order valence-corrected chi connectivity index (χ1v) is 7.71. The van der Waals surface area contributed by atoms with Gasteiger partial charge in [0.1, 0.15) is 5.76 Å². The van der Waals surface area contributed by atoms with Crippen molar-refractivity contribution in [1.29, 1.82) is 0 Å². The molecule has 0 unspecified atom stereocenters. The molecule has 1 amide bonds. The average Bonchev–Trinajstić information content (AvgIpc) is 2.80. The Labute approximate surface area is 137 Å². The molecular formula is C18H25N3O2. The standard InChI is InChI=1S/C18H25N3O2/c1-12-15(23-17(19-12)18(2,3)4)11-16(22)20-13-8-7-9-14(10-13)21(5)6/h7-10H,11H2,1-6H3,(H,20,22). The molecule has 0 atom stereocenters. The highest BCUT2D eigenvalue weighted by molar-refractivity contribution is 5.92. The van der Waals surface area contributed by atoms with Gasteiger partial charge in [0.2, 0.25) is 5.91 Å². The van der Waals surface area contributed by atoms with Gasteiger partial charge in [0, 0.05) is 30.9 Å². The topological polar surface area (TPSA) is 58.4 Å². The number of aromatic nitrogens is 1. The molecule has 5 nitrogen and oxygen atoms in total. The molecule has 0 aliphatic rings. The van der Waals surface area contributed by atoms with E-state index < -0.39 is 0 Å². The Morgan fingerprint density at radius 2 is 2.00 bits per heavy atom. The zero-order valence-electron chi connectivity index (χ0n) is 14.7. The summed E-state index contributed by atoms with van der Waals surface area (Å²) in [6, 6.07) is 7.72. The summed E-state index contributed by atoms with van der Waals surface area (Å²) in [6.07, 6.45) is 0.182. The van der Waals surface area contributed by atoms with Gasteiger partial charge >= 0.3 is 0 Å². The van der Waals surface area contributed by atoms with Crippen LogP contribution in [-0.4, -0.2) is 25.0 Å². The van der Waals surface area contributed by atoms with E-state index in [2.05, 4.69) is 10.3 Å². The number of anilines is 2. The molecule has 124 valence electrons. The summed E-state index contributed by atoms with van der Waals surface area (Å²) >= 11 is 0. The molecule has 1 N–H and O–H groups in total. The van der Waals surface area contributed by atoms with E-state index in [9.17, 15) is 4.79 Å². The van der Waals surface area contributed by atoms with Gasteiger partial charge in [-0.2, -0.15) is 0 Å². The van der Waals surface area contributed by atoms with Crippen molar-refractivity contribution in [3.05, 3.63) is 41.6 Å². The van der Waals surface area contributed by atoms with Crippen molar-refractivity contribution < 1.29 is 9.21 Å². The zero-order valence-corrected chi connectivity index (χ0v) is 14.7. The maximum absolute atomic E-state index is 12.3. The first kappa shape index (κ1) is 17.1. The highest BCUT2D eigenvalue weighted by Gasteiger charge is 2.23. The number of carbonyl (C=O) groups excluding carboxylic acids is 1. The van der Waals surface area contributed by atoms with E-state index in [4.69, 9.17) is 4.42 Å². The van der Waals surface area contributed by atoms with Crippen LogP contribution in [0.1, 0.15) is 38.1 Å². The lowest BCUT2D eigenvalue weighted by Gasteiger charge is -2.14. The van der Waals surface area contributed by atoms with E-state index in [0.29, 0.717) is 11.7 Å². The summed E-state index contributed by atoms with van der Waals surface area (Å²) in [5.41, 5.74) is 2.41. The fourth-order valence-corrected chi connectivity index (χ4v) is 2.13. The van der Waals surface area contributed by atoms with Gasteiger partial charge in [0.15, 0.2) is 5.89 Å². The number of benzene rings is 1. The molecule has 0 aliphatic carbocycles. The summed E-state index contributed by atoms with van der Waals surface area (Å²) in [7, 11) is 3.93. The van der Waals surface area contributed by atoms with Gasteiger partial charge in [0.25, 0.3) is 0 Å². The van der Waals surface area contributed by atoms with Crippen molar-refractivity contribution in [2.24, 2.45) is 0 Å². The number of amides is 1. The lowest BCUT2D eigenvalue weighted by atomic mass is 9.97. The summed E-state index contributed by atoms with van der Waals surface area (Å²) in [5, 5.41) is 2.91. The van der Waals surface area contributed by atoms with Gasteiger partial charge in [-0.15, -0.1) is 0 Å². The van der Waals surface area contributed by atoms with Gasteiger partial charge in [-0.1, -0.05) is 26.8 Å². The fraction of sp³-hybridized carbons (Fsp3) is 0.444. The van der Waals surface area contributed by atoms with Crippen LogP contribution in [0.5, 0.6) is 0 Å². The van der Waals surface area contributed by atoms with Crippen LogP contribution in [0.2, 0.25) is 0 Å². The Balaban J connectivity index is 2.08. The third-order valence-electron chi connectivity index (χ3n) is 3.50. The quantitative estimate of drug-likeness (QED) is 0.937. The highest BCUT2D eigenvalue weighted by atomic mass is 16.4. The summed E-state index contributed by atoms with van der Waals surface area (Å²) in [4.78, 5) is 18.7. The molecule has 0 radical (unpaired) electrons. The Morgan fingerprint density at radius 3 is 2.57 bits per heavy atom. The maximum atomic E-state index is 12.3. The molecule has 0 saturated heterocycles. The molecule has 23 heavy (non-hydrogen) atoms. The second-order valence-electron chi connectivity index (χ2n) is 6.95. The first-order chi connectivity index (χ1) is 10.7. The lowest BCUT2D eigenvalue weighted by molar-refractivity contribution is -0.115. The fourth-order valence-electron chi connectivity index (χ4n) is 2.13. The molecule has 0 bridgehead atoms. The smallest absolute Gasteiger partial charge is 0.232 e. The molecule has 5 heteroatoms. The summed E-state index contributed by atoms with van der Waals surface area (Å²) < 4.78 is 5.77. The number of aryl methyl sites for hydroxylation is 1. The number of nitrogens with one attached hydrogen (secondary N) is 1. The largest absolute Gasteiger partial charge is 0.444 e. The van der Waals surface area contributed by atoms with Crippen LogP contribution in [0, 0.1) is 6.92 Å². The minimum atomic E-state index is -0.167. The first-order valence-electron chi connectivity index (χ1n) is 7.71. The van der Waals surface area contributed by atoms with Gasteiger partial charge in [-0.05, 0) is 25.1 Å². The van der Waals surface area contributed by atoms with Crippen LogP contribution in [0.15, 0.2) is 28.7 Å². The third kappa shape index (κ3) is 4.34. The molecular weight excluding hydrogens is 290 g/mol. The van der Waals surface area contributed by atoms with E-state index >= 15 is 0 Å². The Kier molecular flexibility index (Phi) is 4.78. The molecule has 1 aromatic heterocycles. The van der Waals surface area contributed by atoms with E-state index in [-0.39, 0.29) is 17.7 Å². The van der Waals surface area contributed by atoms with E-state index in [1.54, 1.807) is 0 Å². The average molecular weight is 315 g/mol. The molecule has 1 aromatic carbocycles. The van der Waals surface area contributed by atoms with Gasteiger partial charge in [-0.3, -0.25) is 4.79 Å². The van der Waals surface area contributed by atoms with Crippen LogP contribution < -0.4 is 10.2 Å². The summed E-state index contributed by atoms with van der Waals surface area (Å²) in [5.74, 6) is 1.17. The van der Waals surface area contributed by atoms with E-state index in [1.165, 1.54) is 0 Å². The van der Waals surface area contributed by atoms with Gasteiger partial charge in [-0.25, -0.2) is 4.98 Å². The number of rotatable bonds is 4. The number of oxazole rings is 1. The molecule has 0 saturated carbocycles. The molecule has 0 aliphatic heterocycles. The van der Waals surface area contributed by atoms with Crippen LogP contribution in [0.25, 0.3) is 0 Å². The van der Waals surface area contributed by atoms with Crippen LogP contribution >= 0.6 is 0 Å². The minimum absolute atomic E-state index is 0.111. The maximum Gasteiger partial charge on any atom is 0.232 e. The third-order valence-corrected chi connectivity index (χ3v) is 3.50.